The van der Waals surface area contributed by atoms with Crippen LogP contribution in [0.25, 0.3) is 0 Å². The van der Waals surface area contributed by atoms with Crippen LogP contribution in [0, 0.1) is 17.8 Å². The van der Waals surface area contributed by atoms with E-state index in [1.165, 1.54) is 11.1 Å². The standard InChI is InChI=1S/C24H37NO2S/c1-16(2)23(14-13-17(3)19(5)26)28-15-18(4)24(27)25-22-12-8-10-20-9-6-7-11-21(20)22/h6-7,9,11,16-18,22-23H,8,10,12-15H2,1-5H3,(H,25,27)/t17?,18?,22-,23?/m1/s1. The van der Waals surface area contributed by atoms with Crippen LogP contribution in [0.15, 0.2) is 24.3 Å². The minimum atomic E-state index is -0.00873. The minimum Gasteiger partial charge on any atom is -0.349 e. The third-order valence-corrected chi connectivity index (χ3v) is 7.92. The number of ketones is 1. The van der Waals surface area contributed by atoms with Crippen LogP contribution in [0.3, 0.4) is 0 Å². The van der Waals surface area contributed by atoms with Crippen molar-refractivity contribution in [2.24, 2.45) is 17.8 Å². The van der Waals surface area contributed by atoms with Crippen LogP contribution in [-0.4, -0.2) is 22.7 Å². The second kappa shape index (κ2) is 11.0. The van der Waals surface area contributed by atoms with Gasteiger partial charge in [0.2, 0.25) is 5.91 Å². The first-order chi connectivity index (χ1) is 13.3. The predicted molar refractivity (Wildman–Crippen MR) is 120 cm³/mol. The third-order valence-electron chi connectivity index (χ3n) is 6.02. The Morgan fingerprint density at radius 1 is 1.11 bits per heavy atom. The molecule has 1 amide bonds. The average molecular weight is 404 g/mol. The van der Waals surface area contributed by atoms with E-state index in [4.69, 9.17) is 0 Å². The van der Waals surface area contributed by atoms with E-state index in [1.807, 2.05) is 25.6 Å². The van der Waals surface area contributed by atoms with Crippen LogP contribution < -0.4 is 5.32 Å². The van der Waals surface area contributed by atoms with Crippen molar-refractivity contribution in [2.75, 3.05) is 5.75 Å². The van der Waals surface area contributed by atoms with Gasteiger partial charge in [0, 0.05) is 22.8 Å². The van der Waals surface area contributed by atoms with Crippen molar-refractivity contribution in [3.05, 3.63) is 35.4 Å². The molecule has 1 N–H and O–H groups in total. The van der Waals surface area contributed by atoms with Crippen LogP contribution in [0.2, 0.25) is 0 Å². The lowest BCUT2D eigenvalue weighted by molar-refractivity contribution is -0.124. The van der Waals surface area contributed by atoms with Gasteiger partial charge in [-0.2, -0.15) is 11.8 Å². The Balaban J connectivity index is 1.85. The van der Waals surface area contributed by atoms with Crippen LogP contribution in [0.4, 0.5) is 0 Å². The van der Waals surface area contributed by atoms with Crippen molar-refractivity contribution in [3.8, 4) is 0 Å². The molecule has 28 heavy (non-hydrogen) atoms. The van der Waals surface area contributed by atoms with Gasteiger partial charge >= 0.3 is 0 Å². The first-order valence-corrected chi connectivity index (χ1v) is 11.8. The van der Waals surface area contributed by atoms with Gasteiger partial charge in [0.25, 0.3) is 0 Å². The highest BCUT2D eigenvalue weighted by Gasteiger charge is 2.25. The van der Waals surface area contributed by atoms with Crippen molar-refractivity contribution in [3.63, 3.8) is 0 Å². The molecule has 0 radical (unpaired) electrons. The van der Waals surface area contributed by atoms with Crippen LogP contribution in [0.5, 0.6) is 0 Å². The highest BCUT2D eigenvalue weighted by molar-refractivity contribution is 7.99. The van der Waals surface area contributed by atoms with Gasteiger partial charge in [-0.3, -0.25) is 9.59 Å². The topological polar surface area (TPSA) is 46.2 Å². The highest BCUT2D eigenvalue weighted by Crippen LogP contribution is 2.31. The minimum absolute atomic E-state index is 0.00873. The maximum Gasteiger partial charge on any atom is 0.224 e. The SMILES string of the molecule is CC(=O)C(C)CCC(SCC(C)C(=O)N[C@@H]1CCCc2ccccc21)C(C)C. The van der Waals surface area contributed by atoms with Crippen LogP contribution >= 0.6 is 11.8 Å². The maximum absolute atomic E-state index is 12.8. The molecule has 0 bridgehead atoms. The number of hydrogen-bond acceptors (Lipinski definition) is 3. The van der Waals surface area contributed by atoms with E-state index in [2.05, 4.69) is 43.4 Å². The summed E-state index contributed by atoms with van der Waals surface area (Å²) in [4.78, 5) is 24.3. The number of Topliss-reactive ketones (excluding diaryl/α,β-unsaturated/α-hetero) is 1. The van der Waals surface area contributed by atoms with Gasteiger partial charge in [-0.25, -0.2) is 0 Å². The van der Waals surface area contributed by atoms with Crippen molar-refractivity contribution in [1.82, 2.24) is 5.32 Å². The Morgan fingerprint density at radius 3 is 2.50 bits per heavy atom. The Kier molecular flexibility index (Phi) is 9.07. The zero-order valence-corrected chi connectivity index (χ0v) is 19.0. The van der Waals surface area contributed by atoms with Crippen LogP contribution in [-0.2, 0) is 16.0 Å². The number of amides is 1. The molecule has 0 heterocycles. The van der Waals surface area contributed by atoms with E-state index in [0.717, 1.165) is 37.9 Å². The fraction of sp³-hybridized carbons (Fsp3) is 0.667. The molecule has 0 saturated carbocycles. The van der Waals surface area contributed by atoms with E-state index < -0.39 is 0 Å². The molecule has 1 aromatic carbocycles. The first kappa shape index (κ1) is 23.0. The lowest BCUT2D eigenvalue weighted by Gasteiger charge is -2.28. The van der Waals surface area contributed by atoms with Gasteiger partial charge in [0.15, 0.2) is 0 Å². The first-order valence-electron chi connectivity index (χ1n) is 10.8. The molecule has 2 rings (SSSR count). The number of carbonyl (C=O) groups is 2. The van der Waals surface area contributed by atoms with Crippen molar-refractivity contribution in [1.29, 1.82) is 0 Å². The molecule has 0 aromatic heterocycles. The molecule has 4 atom stereocenters. The van der Waals surface area contributed by atoms with Gasteiger partial charge < -0.3 is 5.32 Å². The summed E-state index contributed by atoms with van der Waals surface area (Å²) in [6.45, 7) is 10.2. The van der Waals surface area contributed by atoms with Gasteiger partial charge in [-0.1, -0.05) is 52.0 Å². The molecular formula is C24H37NO2S. The zero-order valence-electron chi connectivity index (χ0n) is 18.2. The molecule has 1 aliphatic rings. The second-order valence-corrected chi connectivity index (χ2v) is 10.0. The molecule has 3 nitrogen and oxygen atoms in total. The number of nitrogens with one attached hydrogen (secondary N) is 1. The molecule has 3 unspecified atom stereocenters. The molecule has 4 heteroatoms. The second-order valence-electron chi connectivity index (χ2n) is 8.76. The van der Waals surface area contributed by atoms with E-state index in [-0.39, 0.29) is 29.6 Å². The van der Waals surface area contributed by atoms with Gasteiger partial charge in [0.1, 0.15) is 5.78 Å². The van der Waals surface area contributed by atoms with E-state index in [9.17, 15) is 9.59 Å². The third kappa shape index (κ3) is 6.65. The summed E-state index contributed by atoms with van der Waals surface area (Å²) in [5.74, 6) is 1.93. The highest BCUT2D eigenvalue weighted by atomic mass is 32.2. The molecule has 1 aromatic rings. The Morgan fingerprint density at radius 2 is 1.82 bits per heavy atom. The summed E-state index contributed by atoms with van der Waals surface area (Å²) in [5.41, 5.74) is 2.67. The molecule has 1 aliphatic carbocycles. The van der Waals surface area contributed by atoms with Gasteiger partial charge in [0.05, 0.1) is 6.04 Å². The zero-order chi connectivity index (χ0) is 20.7. The summed E-state index contributed by atoms with van der Waals surface area (Å²) in [6.07, 6.45) is 5.25. The number of fused-ring (bicyclic) bond motifs is 1. The molecule has 0 fully saturated rings. The molecule has 0 spiro atoms. The number of hydrogen-bond donors (Lipinski definition) is 1. The summed E-state index contributed by atoms with van der Waals surface area (Å²) in [7, 11) is 0. The smallest absolute Gasteiger partial charge is 0.224 e. The van der Waals surface area contributed by atoms with Crippen molar-refractivity contribution in [2.45, 2.75) is 78.0 Å². The van der Waals surface area contributed by atoms with Gasteiger partial charge in [-0.15, -0.1) is 0 Å². The fourth-order valence-corrected chi connectivity index (χ4v) is 5.16. The number of benzene rings is 1. The van der Waals surface area contributed by atoms with Crippen molar-refractivity contribution >= 4 is 23.5 Å². The van der Waals surface area contributed by atoms with E-state index >= 15 is 0 Å². The number of carbonyl (C=O) groups excluding carboxylic acids is 2. The number of rotatable bonds is 10. The fourth-order valence-electron chi connectivity index (χ4n) is 3.79. The monoisotopic (exact) mass is 403 g/mol. The summed E-state index contributed by atoms with van der Waals surface area (Å²) >= 11 is 1.90. The molecule has 0 saturated heterocycles. The van der Waals surface area contributed by atoms with E-state index in [1.54, 1.807) is 6.92 Å². The molecular weight excluding hydrogens is 366 g/mol. The largest absolute Gasteiger partial charge is 0.349 e. The summed E-state index contributed by atoms with van der Waals surface area (Å²) in [5, 5.41) is 3.79. The number of thioether (sulfide) groups is 1. The normalized spacial score (nSPS) is 19.6. The quantitative estimate of drug-likeness (QED) is 0.555. The Labute approximate surface area is 175 Å². The average Bonchev–Trinajstić information content (AvgIpc) is 2.67. The Hall–Kier alpha value is -1.29. The van der Waals surface area contributed by atoms with Crippen LogP contribution in [0.1, 0.15) is 77.5 Å². The van der Waals surface area contributed by atoms with E-state index in [0.29, 0.717) is 11.2 Å². The molecule has 156 valence electrons. The molecule has 0 aliphatic heterocycles. The summed E-state index contributed by atoms with van der Waals surface area (Å²) in [6, 6.07) is 8.65. The maximum atomic E-state index is 12.8. The van der Waals surface area contributed by atoms with Gasteiger partial charge in [-0.05, 0) is 56.1 Å². The summed E-state index contributed by atoms with van der Waals surface area (Å²) < 4.78 is 0. The van der Waals surface area contributed by atoms with Crippen molar-refractivity contribution < 1.29 is 9.59 Å². The predicted octanol–water partition coefficient (Wildman–Crippen LogP) is 5.58. The lowest BCUT2D eigenvalue weighted by Crippen LogP contribution is -2.35. The lowest BCUT2D eigenvalue weighted by atomic mass is 9.87. The Bertz CT molecular complexity index is 658. The number of aryl methyl sites for hydroxylation is 1.